The number of hydrogen-bond donors (Lipinski definition) is 0. The molecule has 1 atom stereocenters. The largest absolute Gasteiger partial charge is 0.353 e. The molecule has 1 saturated heterocycles. The van der Waals surface area contributed by atoms with Gasteiger partial charge in [-0.3, -0.25) is 0 Å². The zero-order valence-electron chi connectivity index (χ0n) is 4.60. The summed E-state index contributed by atoms with van der Waals surface area (Å²) in [5, 5.41) is 0. The Morgan fingerprint density at radius 1 is 1.62 bits per heavy atom. The zero-order valence-corrected chi connectivity index (χ0v) is 5.36. The third-order valence-corrected chi connectivity index (χ3v) is 1.34. The highest BCUT2D eigenvalue weighted by atomic mass is 35.5. The lowest BCUT2D eigenvalue weighted by Gasteiger charge is -2.00. The molecule has 0 saturated carbocycles. The van der Waals surface area contributed by atoms with Crippen LogP contribution in [0.4, 0.5) is 0 Å². The van der Waals surface area contributed by atoms with Gasteiger partial charge in [0.1, 0.15) is 6.79 Å². The molecule has 0 bridgehead atoms. The van der Waals surface area contributed by atoms with E-state index in [0.717, 1.165) is 6.42 Å². The Balaban J connectivity index is 2.06. The quantitative estimate of drug-likeness (QED) is 0.527. The Morgan fingerprint density at radius 2 is 2.50 bits per heavy atom. The van der Waals surface area contributed by atoms with Crippen molar-refractivity contribution in [2.45, 2.75) is 12.5 Å². The molecule has 1 fully saturated rings. The molecular formula is C5H9ClO2. The van der Waals surface area contributed by atoms with Gasteiger partial charge >= 0.3 is 0 Å². The van der Waals surface area contributed by atoms with Crippen molar-refractivity contribution in [3.05, 3.63) is 0 Å². The first-order valence-electron chi connectivity index (χ1n) is 2.69. The van der Waals surface area contributed by atoms with Crippen LogP contribution in [0.25, 0.3) is 0 Å². The predicted molar refractivity (Wildman–Crippen MR) is 31.0 cm³/mol. The van der Waals surface area contributed by atoms with E-state index < -0.39 is 0 Å². The predicted octanol–water partition coefficient (Wildman–Crippen LogP) is 0.988. The molecule has 0 aromatic rings. The first-order valence-corrected chi connectivity index (χ1v) is 3.22. The highest BCUT2D eigenvalue weighted by molar-refractivity contribution is 6.17. The number of ether oxygens (including phenoxy) is 2. The Hall–Kier alpha value is 0.210. The highest BCUT2D eigenvalue weighted by Crippen LogP contribution is 2.06. The summed E-state index contributed by atoms with van der Waals surface area (Å²) >= 11 is 5.45. The van der Waals surface area contributed by atoms with Crippen LogP contribution in [0, 0.1) is 0 Å². The second-order valence-electron chi connectivity index (χ2n) is 1.75. The third kappa shape index (κ3) is 1.62. The van der Waals surface area contributed by atoms with Gasteiger partial charge in [-0.25, -0.2) is 0 Å². The van der Waals surface area contributed by atoms with Crippen LogP contribution < -0.4 is 0 Å². The number of alkyl halides is 1. The van der Waals surface area contributed by atoms with Crippen LogP contribution in [-0.4, -0.2) is 25.4 Å². The second-order valence-corrected chi connectivity index (χ2v) is 2.13. The Morgan fingerprint density at radius 3 is 3.00 bits per heavy atom. The van der Waals surface area contributed by atoms with Crippen molar-refractivity contribution in [1.29, 1.82) is 0 Å². The Labute approximate surface area is 53.7 Å². The fourth-order valence-corrected chi connectivity index (χ4v) is 0.904. The molecule has 1 heterocycles. The average molecular weight is 137 g/mol. The minimum Gasteiger partial charge on any atom is -0.353 e. The minimum atomic E-state index is 0.257. The van der Waals surface area contributed by atoms with Crippen LogP contribution in [0.2, 0.25) is 0 Å². The molecule has 3 heteroatoms. The monoisotopic (exact) mass is 136 g/mol. The molecule has 48 valence electrons. The molecule has 0 spiro atoms. The van der Waals surface area contributed by atoms with Crippen molar-refractivity contribution in [3.8, 4) is 0 Å². The molecule has 0 aromatic heterocycles. The minimum absolute atomic E-state index is 0.257. The molecule has 2 nitrogen and oxygen atoms in total. The van der Waals surface area contributed by atoms with E-state index in [9.17, 15) is 0 Å². The third-order valence-electron chi connectivity index (χ3n) is 1.12. The lowest BCUT2D eigenvalue weighted by atomic mass is 10.3. The summed E-state index contributed by atoms with van der Waals surface area (Å²) in [4.78, 5) is 0. The summed E-state index contributed by atoms with van der Waals surface area (Å²) in [6.45, 7) is 1.16. The maximum Gasteiger partial charge on any atom is 0.147 e. The van der Waals surface area contributed by atoms with Crippen molar-refractivity contribution >= 4 is 11.6 Å². The number of hydrogen-bond acceptors (Lipinski definition) is 2. The lowest BCUT2D eigenvalue weighted by Crippen LogP contribution is -2.08. The van der Waals surface area contributed by atoms with Crippen LogP contribution in [-0.2, 0) is 9.47 Å². The molecular weight excluding hydrogens is 128 g/mol. The van der Waals surface area contributed by atoms with Gasteiger partial charge < -0.3 is 9.47 Å². The van der Waals surface area contributed by atoms with Gasteiger partial charge in [0.25, 0.3) is 0 Å². The highest BCUT2D eigenvalue weighted by Gasteiger charge is 2.13. The summed E-state index contributed by atoms with van der Waals surface area (Å²) in [5.41, 5.74) is 0. The number of halogens is 1. The van der Waals surface area contributed by atoms with Crippen LogP contribution in [0.3, 0.4) is 0 Å². The SMILES string of the molecule is ClCCC1COCO1. The van der Waals surface area contributed by atoms with Gasteiger partial charge in [-0.05, 0) is 6.42 Å². The van der Waals surface area contributed by atoms with Crippen molar-refractivity contribution in [1.82, 2.24) is 0 Å². The maximum atomic E-state index is 5.45. The van der Waals surface area contributed by atoms with E-state index in [1.165, 1.54) is 0 Å². The van der Waals surface area contributed by atoms with Gasteiger partial charge in [0.15, 0.2) is 0 Å². The normalized spacial score (nSPS) is 28.9. The van der Waals surface area contributed by atoms with Gasteiger partial charge in [0, 0.05) is 5.88 Å². The van der Waals surface area contributed by atoms with Crippen molar-refractivity contribution in [2.75, 3.05) is 19.3 Å². The molecule has 0 radical (unpaired) electrons. The van der Waals surface area contributed by atoms with Crippen LogP contribution in [0.1, 0.15) is 6.42 Å². The Kier molecular flexibility index (Phi) is 2.59. The van der Waals surface area contributed by atoms with Crippen molar-refractivity contribution in [2.24, 2.45) is 0 Å². The van der Waals surface area contributed by atoms with E-state index in [2.05, 4.69) is 0 Å². The first kappa shape index (κ1) is 6.33. The van der Waals surface area contributed by atoms with E-state index in [4.69, 9.17) is 21.1 Å². The van der Waals surface area contributed by atoms with Crippen LogP contribution in [0.5, 0.6) is 0 Å². The van der Waals surface area contributed by atoms with E-state index in [1.54, 1.807) is 0 Å². The van der Waals surface area contributed by atoms with Crippen LogP contribution in [0.15, 0.2) is 0 Å². The molecule has 8 heavy (non-hydrogen) atoms. The summed E-state index contributed by atoms with van der Waals surface area (Å²) in [7, 11) is 0. The molecule has 1 rings (SSSR count). The summed E-state index contributed by atoms with van der Waals surface area (Å²) in [6, 6.07) is 0. The molecule has 0 amide bonds. The van der Waals surface area contributed by atoms with Gasteiger partial charge in [0.05, 0.1) is 12.7 Å². The molecule has 0 N–H and O–H groups in total. The smallest absolute Gasteiger partial charge is 0.147 e. The summed E-state index contributed by atoms with van der Waals surface area (Å²) in [6.07, 6.45) is 1.16. The van der Waals surface area contributed by atoms with Crippen molar-refractivity contribution in [3.63, 3.8) is 0 Å². The average Bonchev–Trinajstić information content (AvgIpc) is 2.19. The molecule has 0 aliphatic carbocycles. The van der Waals surface area contributed by atoms with Crippen molar-refractivity contribution < 1.29 is 9.47 Å². The lowest BCUT2D eigenvalue weighted by molar-refractivity contribution is 0.0462. The maximum absolute atomic E-state index is 5.45. The van der Waals surface area contributed by atoms with Gasteiger partial charge in [0.2, 0.25) is 0 Å². The summed E-state index contributed by atoms with van der Waals surface area (Å²) in [5.74, 6) is 0.661. The fraction of sp³-hybridized carbons (Fsp3) is 1.00. The second kappa shape index (κ2) is 3.28. The molecule has 0 aromatic carbocycles. The van der Waals surface area contributed by atoms with Gasteiger partial charge in [-0.1, -0.05) is 0 Å². The topological polar surface area (TPSA) is 18.5 Å². The fourth-order valence-electron chi connectivity index (χ4n) is 0.660. The van der Waals surface area contributed by atoms with E-state index in [0.29, 0.717) is 19.3 Å². The summed E-state index contributed by atoms with van der Waals surface area (Å²) < 4.78 is 10.0. The Bertz CT molecular complexity index is 61.4. The molecule has 1 unspecified atom stereocenters. The van der Waals surface area contributed by atoms with Gasteiger partial charge in [-0.2, -0.15) is 0 Å². The van der Waals surface area contributed by atoms with Gasteiger partial charge in [-0.15, -0.1) is 11.6 Å². The standard InChI is InChI=1S/C5H9ClO2/c6-2-1-5-3-7-4-8-5/h5H,1-4H2. The van der Waals surface area contributed by atoms with E-state index >= 15 is 0 Å². The van der Waals surface area contributed by atoms with E-state index in [-0.39, 0.29) is 6.10 Å². The molecule has 1 aliphatic heterocycles. The first-order chi connectivity index (χ1) is 3.93. The van der Waals surface area contributed by atoms with Crippen LogP contribution >= 0.6 is 11.6 Å². The van der Waals surface area contributed by atoms with E-state index in [1.807, 2.05) is 0 Å². The zero-order chi connectivity index (χ0) is 5.82. The number of rotatable bonds is 2. The molecule has 1 aliphatic rings.